The Labute approximate surface area is 221 Å². The summed E-state index contributed by atoms with van der Waals surface area (Å²) in [4.78, 5) is 42.8. The lowest BCUT2D eigenvalue weighted by Crippen LogP contribution is -2.47. The van der Waals surface area contributed by atoms with Gasteiger partial charge in [-0.15, -0.1) is 24.8 Å². The molecule has 11 heteroatoms. The number of phenols is 2. The summed E-state index contributed by atoms with van der Waals surface area (Å²) >= 11 is 0. The molecule has 0 saturated carbocycles. The van der Waals surface area contributed by atoms with Gasteiger partial charge in [-0.1, -0.05) is 12.1 Å². The van der Waals surface area contributed by atoms with Gasteiger partial charge >= 0.3 is 5.97 Å². The first-order valence-corrected chi connectivity index (χ1v) is 11.4. The number of ether oxygens (including phenoxy) is 1. The molecule has 9 nitrogen and oxygen atoms in total. The van der Waals surface area contributed by atoms with Crippen LogP contribution in [0, 0.1) is 0 Å². The quantitative estimate of drug-likeness (QED) is 0.291. The van der Waals surface area contributed by atoms with Gasteiger partial charge in [-0.2, -0.15) is 0 Å². The fourth-order valence-electron chi connectivity index (χ4n) is 4.46. The van der Waals surface area contributed by atoms with Gasteiger partial charge in [0.25, 0.3) is 0 Å². The van der Waals surface area contributed by atoms with E-state index in [1.165, 1.54) is 24.3 Å². The molecule has 0 amide bonds. The maximum Gasteiger partial charge on any atom is 0.338 e. The van der Waals surface area contributed by atoms with E-state index in [0.29, 0.717) is 13.0 Å². The normalized spacial score (nSPS) is 15.4. The van der Waals surface area contributed by atoms with Gasteiger partial charge in [-0.05, 0) is 37.6 Å². The number of aliphatic hydroxyl groups is 1. The molecule has 0 atom stereocenters. The highest BCUT2D eigenvalue weighted by atomic mass is 35.5. The number of nitrogens with zero attached hydrogens (tertiary/aromatic N) is 2. The summed E-state index contributed by atoms with van der Waals surface area (Å²) in [7, 11) is 0. The SMILES string of the molecule is Cl.Cl.O=C(OCCCCN1CCN(CCO)CC1)c1cc(O)c2c(c1)C(=O)c1cccc(O)c1C2=O. The lowest BCUT2D eigenvalue weighted by molar-refractivity contribution is 0.0490. The number of phenolic OH excluding ortho intramolecular Hbond substituents is 2. The van der Waals surface area contributed by atoms with Crippen molar-refractivity contribution in [2.45, 2.75) is 12.8 Å². The number of fused-ring (bicyclic) bond motifs is 2. The Balaban J connectivity index is 0.00000228. The van der Waals surface area contributed by atoms with E-state index in [9.17, 15) is 24.6 Å². The standard InChI is InChI=1S/C25H28N2O7.2ClH/c28-12-11-27-9-7-26(8-10-27)6-1-2-13-34-25(33)16-14-18-22(20(30)15-16)24(32)21-17(23(18)31)4-3-5-19(21)29;;/h3-5,14-15,28-30H,1-2,6-13H2;2*1H. The summed E-state index contributed by atoms with van der Waals surface area (Å²) in [5, 5.41) is 29.4. The highest BCUT2D eigenvalue weighted by Gasteiger charge is 2.35. The van der Waals surface area contributed by atoms with Crippen molar-refractivity contribution in [1.29, 1.82) is 0 Å². The summed E-state index contributed by atoms with van der Waals surface area (Å²) in [5.74, 6) is -2.74. The molecule has 36 heavy (non-hydrogen) atoms. The predicted octanol–water partition coefficient (Wildman–Crippen LogP) is 2.26. The summed E-state index contributed by atoms with van der Waals surface area (Å²) < 4.78 is 5.32. The number of benzene rings is 2. The lowest BCUT2D eigenvalue weighted by Gasteiger charge is -2.34. The third-order valence-corrected chi connectivity index (χ3v) is 6.32. The molecule has 4 rings (SSSR count). The fourth-order valence-corrected chi connectivity index (χ4v) is 4.46. The van der Waals surface area contributed by atoms with E-state index in [2.05, 4.69) is 9.80 Å². The zero-order valence-corrected chi connectivity index (χ0v) is 21.3. The van der Waals surface area contributed by atoms with Gasteiger partial charge in [-0.3, -0.25) is 14.5 Å². The van der Waals surface area contributed by atoms with Crippen molar-refractivity contribution in [3.63, 3.8) is 0 Å². The fraction of sp³-hybridized carbons (Fsp3) is 0.400. The van der Waals surface area contributed by atoms with Crippen molar-refractivity contribution in [2.75, 3.05) is 52.5 Å². The maximum absolute atomic E-state index is 12.9. The van der Waals surface area contributed by atoms with E-state index in [4.69, 9.17) is 9.84 Å². The number of β-amino-alcohol motifs (C(OH)–C–C–N with tert-alkyl or cyclic N) is 1. The molecule has 1 aliphatic carbocycles. The Hall–Kier alpha value is -2.69. The minimum absolute atomic E-state index is 0. The Bertz CT molecular complexity index is 1120. The van der Waals surface area contributed by atoms with E-state index in [1.807, 2.05) is 0 Å². The van der Waals surface area contributed by atoms with Crippen molar-refractivity contribution < 1.29 is 34.4 Å². The molecule has 2 aliphatic rings. The van der Waals surface area contributed by atoms with Crippen LogP contribution in [0.3, 0.4) is 0 Å². The number of ketones is 2. The lowest BCUT2D eigenvalue weighted by atomic mass is 9.82. The van der Waals surface area contributed by atoms with Gasteiger partial charge in [0.15, 0.2) is 5.78 Å². The highest BCUT2D eigenvalue weighted by molar-refractivity contribution is 6.30. The molecule has 1 heterocycles. The van der Waals surface area contributed by atoms with Crippen LogP contribution in [0.5, 0.6) is 11.5 Å². The summed E-state index contributed by atoms with van der Waals surface area (Å²) in [6.07, 6.45) is 1.53. The van der Waals surface area contributed by atoms with Crippen LogP contribution in [0.15, 0.2) is 30.3 Å². The molecule has 0 radical (unpaired) electrons. The maximum atomic E-state index is 12.9. The molecular weight excluding hydrogens is 511 g/mol. The molecule has 196 valence electrons. The van der Waals surface area contributed by atoms with Gasteiger partial charge in [0.1, 0.15) is 11.5 Å². The van der Waals surface area contributed by atoms with Crippen molar-refractivity contribution >= 4 is 42.3 Å². The highest BCUT2D eigenvalue weighted by Crippen LogP contribution is 2.37. The summed E-state index contributed by atoms with van der Waals surface area (Å²) in [6.45, 7) is 5.73. The molecule has 0 spiro atoms. The molecule has 1 aliphatic heterocycles. The molecule has 0 unspecified atom stereocenters. The minimum atomic E-state index is -0.683. The van der Waals surface area contributed by atoms with Crippen molar-refractivity contribution in [2.24, 2.45) is 0 Å². The molecule has 0 aromatic heterocycles. The Morgan fingerprint density at radius 2 is 1.47 bits per heavy atom. The zero-order valence-electron chi connectivity index (χ0n) is 19.6. The number of hydrogen-bond acceptors (Lipinski definition) is 9. The van der Waals surface area contributed by atoms with Gasteiger partial charge < -0.3 is 25.0 Å². The van der Waals surface area contributed by atoms with Crippen LogP contribution in [0.25, 0.3) is 0 Å². The van der Waals surface area contributed by atoms with Gasteiger partial charge in [0.2, 0.25) is 5.78 Å². The Kier molecular flexibility index (Phi) is 10.7. The third-order valence-electron chi connectivity index (χ3n) is 6.32. The molecule has 2 aromatic carbocycles. The predicted molar refractivity (Wildman–Crippen MR) is 137 cm³/mol. The number of aliphatic hydroxyl groups excluding tert-OH is 1. The van der Waals surface area contributed by atoms with E-state index in [0.717, 1.165) is 45.2 Å². The topological polar surface area (TPSA) is 128 Å². The van der Waals surface area contributed by atoms with Gasteiger partial charge in [-0.25, -0.2) is 4.79 Å². The zero-order chi connectivity index (χ0) is 24.2. The number of piperazine rings is 1. The number of halogens is 2. The summed E-state index contributed by atoms with van der Waals surface area (Å²) in [6, 6.07) is 6.55. The minimum Gasteiger partial charge on any atom is -0.507 e. The van der Waals surface area contributed by atoms with E-state index in [1.54, 1.807) is 0 Å². The second kappa shape index (κ2) is 13.0. The second-order valence-electron chi connectivity index (χ2n) is 8.53. The Morgan fingerprint density at radius 3 is 2.14 bits per heavy atom. The van der Waals surface area contributed by atoms with E-state index >= 15 is 0 Å². The van der Waals surface area contributed by atoms with Gasteiger partial charge in [0, 0.05) is 43.9 Å². The molecule has 0 bridgehead atoms. The number of esters is 1. The number of carbonyl (C=O) groups is 3. The number of carbonyl (C=O) groups excluding carboxylic acids is 3. The van der Waals surface area contributed by atoms with E-state index < -0.39 is 23.3 Å². The number of aromatic hydroxyl groups is 2. The second-order valence-corrected chi connectivity index (χ2v) is 8.53. The molecule has 1 saturated heterocycles. The molecular formula is C25H30Cl2N2O7. The van der Waals surface area contributed by atoms with Crippen LogP contribution in [-0.4, -0.2) is 95.1 Å². The van der Waals surface area contributed by atoms with Crippen LogP contribution < -0.4 is 0 Å². The molecule has 2 aromatic rings. The average molecular weight is 541 g/mol. The van der Waals surface area contributed by atoms with Crippen molar-refractivity contribution in [1.82, 2.24) is 9.80 Å². The monoisotopic (exact) mass is 540 g/mol. The average Bonchev–Trinajstić information content (AvgIpc) is 2.82. The van der Waals surface area contributed by atoms with E-state index in [-0.39, 0.29) is 71.6 Å². The Morgan fingerprint density at radius 1 is 0.833 bits per heavy atom. The first-order valence-electron chi connectivity index (χ1n) is 11.4. The third kappa shape index (κ3) is 6.16. The number of rotatable bonds is 8. The molecule has 3 N–H and O–H groups in total. The van der Waals surface area contributed by atoms with Crippen LogP contribution in [-0.2, 0) is 4.74 Å². The van der Waals surface area contributed by atoms with Crippen molar-refractivity contribution in [3.05, 3.63) is 58.1 Å². The first kappa shape index (κ1) is 29.5. The smallest absolute Gasteiger partial charge is 0.338 e. The molecule has 1 fully saturated rings. The number of hydrogen-bond donors (Lipinski definition) is 3. The van der Waals surface area contributed by atoms with Crippen molar-refractivity contribution in [3.8, 4) is 11.5 Å². The van der Waals surface area contributed by atoms with Crippen LogP contribution in [0.2, 0.25) is 0 Å². The largest absolute Gasteiger partial charge is 0.507 e. The first-order chi connectivity index (χ1) is 16.4. The van der Waals surface area contributed by atoms with Crippen LogP contribution in [0.1, 0.15) is 55.0 Å². The van der Waals surface area contributed by atoms with Crippen LogP contribution >= 0.6 is 24.8 Å². The van der Waals surface area contributed by atoms with Gasteiger partial charge in [0.05, 0.1) is 29.9 Å². The summed E-state index contributed by atoms with van der Waals surface area (Å²) in [5.41, 5.74) is -0.453. The van der Waals surface area contributed by atoms with Crippen LogP contribution in [0.4, 0.5) is 0 Å². The number of unbranched alkanes of at least 4 members (excludes halogenated alkanes) is 1.